The molecule has 1 fully saturated rings. The van der Waals surface area contributed by atoms with Crippen molar-refractivity contribution in [2.45, 2.75) is 25.6 Å². The summed E-state index contributed by atoms with van der Waals surface area (Å²) >= 11 is 0. The van der Waals surface area contributed by atoms with E-state index in [4.69, 9.17) is 4.74 Å². The van der Waals surface area contributed by atoms with Crippen molar-refractivity contribution >= 4 is 11.7 Å². The normalized spacial score (nSPS) is 14.8. The van der Waals surface area contributed by atoms with E-state index >= 15 is 0 Å². The van der Waals surface area contributed by atoms with Gasteiger partial charge in [0.2, 0.25) is 0 Å². The standard InChI is InChI=1S/C19H21N7O2/c27-19(22-16-3-5-17(6-4-16)26-14-21-23-24-26)25-10-7-18(8-11-25)28-13-15-2-1-9-20-12-15/h1-6,9,12,14,18H,7-8,10-11,13H2,(H,22,27). The first-order valence-corrected chi connectivity index (χ1v) is 9.18. The molecule has 0 radical (unpaired) electrons. The Kier molecular flexibility index (Phi) is 5.53. The number of hydrogen-bond donors (Lipinski definition) is 1. The number of likely N-dealkylation sites (tertiary alicyclic amines) is 1. The number of piperidine rings is 1. The fourth-order valence-corrected chi connectivity index (χ4v) is 3.10. The third-order valence-electron chi connectivity index (χ3n) is 4.67. The molecule has 1 aromatic carbocycles. The number of ether oxygens (including phenoxy) is 1. The zero-order valence-corrected chi connectivity index (χ0v) is 15.3. The van der Waals surface area contributed by atoms with Crippen molar-refractivity contribution < 1.29 is 9.53 Å². The Morgan fingerprint density at radius 1 is 1.18 bits per heavy atom. The molecule has 2 amide bonds. The van der Waals surface area contributed by atoms with E-state index in [0.29, 0.717) is 19.7 Å². The fraction of sp³-hybridized carbons (Fsp3) is 0.316. The topological polar surface area (TPSA) is 98.1 Å². The zero-order chi connectivity index (χ0) is 19.2. The molecule has 1 aliphatic rings. The molecular weight excluding hydrogens is 358 g/mol. The third kappa shape index (κ3) is 4.49. The lowest BCUT2D eigenvalue weighted by atomic mass is 10.1. The molecule has 144 valence electrons. The van der Waals surface area contributed by atoms with Crippen LogP contribution in [0.1, 0.15) is 18.4 Å². The quantitative estimate of drug-likeness (QED) is 0.730. The molecule has 0 atom stereocenters. The number of carbonyl (C=O) groups is 1. The summed E-state index contributed by atoms with van der Waals surface area (Å²) in [6, 6.07) is 11.2. The lowest BCUT2D eigenvalue weighted by Crippen LogP contribution is -2.43. The number of carbonyl (C=O) groups excluding carboxylic acids is 1. The highest BCUT2D eigenvalue weighted by atomic mass is 16.5. The van der Waals surface area contributed by atoms with E-state index in [-0.39, 0.29) is 12.1 Å². The molecule has 2 aromatic heterocycles. The summed E-state index contributed by atoms with van der Waals surface area (Å²) in [5.74, 6) is 0. The van der Waals surface area contributed by atoms with Gasteiger partial charge in [-0.3, -0.25) is 4.98 Å². The maximum absolute atomic E-state index is 12.5. The number of hydrogen-bond acceptors (Lipinski definition) is 6. The number of nitrogens with zero attached hydrogens (tertiary/aromatic N) is 6. The number of urea groups is 1. The van der Waals surface area contributed by atoms with Gasteiger partial charge in [0.15, 0.2) is 0 Å². The van der Waals surface area contributed by atoms with Gasteiger partial charge in [-0.05, 0) is 59.2 Å². The van der Waals surface area contributed by atoms with Crippen LogP contribution in [0.2, 0.25) is 0 Å². The molecular formula is C19H21N7O2. The Hall–Kier alpha value is -3.33. The van der Waals surface area contributed by atoms with E-state index < -0.39 is 0 Å². The average molecular weight is 379 g/mol. The highest BCUT2D eigenvalue weighted by molar-refractivity contribution is 5.89. The van der Waals surface area contributed by atoms with Gasteiger partial charge in [0.05, 0.1) is 18.4 Å². The van der Waals surface area contributed by atoms with Crippen LogP contribution in [0.5, 0.6) is 0 Å². The summed E-state index contributed by atoms with van der Waals surface area (Å²) in [7, 11) is 0. The zero-order valence-electron chi connectivity index (χ0n) is 15.3. The summed E-state index contributed by atoms with van der Waals surface area (Å²) in [5, 5.41) is 14.0. The van der Waals surface area contributed by atoms with Crippen molar-refractivity contribution in [3.63, 3.8) is 0 Å². The maximum atomic E-state index is 12.5. The van der Waals surface area contributed by atoms with Gasteiger partial charge in [0, 0.05) is 31.2 Å². The minimum absolute atomic E-state index is 0.0964. The van der Waals surface area contributed by atoms with E-state index in [2.05, 4.69) is 25.8 Å². The molecule has 28 heavy (non-hydrogen) atoms. The second kappa shape index (κ2) is 8.57. The monoisotopic (exact) mass is 379 g/mol. The van der Waals surface area contributed by atoms with E-state index in [1.807, 2.05) is 47.5 Å². The van der Waals surface area contributed by atoms with Crippen molar-refractivity contribution in [1.82, 2.24) is 30.1 Å². The van der Waals surface area contributed by atoms with Gasteiger partial charge in [-0.2, -0.15) is 0 Å². The SMILES string of the molecule is O=C(Nc1ccc(-n2cnnn2)cc1)N1CCC(OCc2cccnc2)CC1. The second-order valence-electron chi connectivity index (χ2n) is 6.59. The number of rotatable bonds is 5. The predicted octanol–water partition coefficient (Wildman–Crippen LogP) is 2.27. The first kappa shape index (κ1) is 18.1. The Balaban J connectivity index is 1.24. The number of tetrazole rings is 1. The number of pyridine rings is 1. The van der Waals surface area contributed by atoms with Crippen LogP contribution in [0.4, 0.5) is 10.5 Å². The first-order chi connectivity index (χ1) is 13.8. The van der Waals surface area contributed by atoms with Gasteiger partial charge in [0.1, 0.15) is 6.33 Å². The van der Waals surface area contributed by atoms with Crippen molar-refractivity contribution in [2.24, 2.45) is 0 Å². The minimum atomic E-state index is -0.0964. The van der Waals surface area contributed by atoms with Gasteiger partial charge in [0.25, 0.3) is 0 Å². The average Bonchev–Trinajstić information content (AvgIpc) is 3.29. The van der Waals surface area contributed by atoms with E-state index in [9.17, 15) is 4.79 Å². The van der Waals surface area contributed by atoms with Gasteiger partial charge in [-0.15, -0.1) is 5.10 Å². The number of amides is 2. The lowest BCUT2D eigenvalue weighted by molar-refractivity contribution is 0.00530. The van der Waals surface area contributed by atoms with Gasteiger partial charge < -0.3 is 15.0 Å². The molecule has 3 heterocycles. The molecule has 0 aliphatic carbocycles. The molecule has 0 bridgehead atoms. The van der Waals surface area contributed by atoms with Crippen LogP contribution in [-0.2, 0) is 11.3 Å². The van der Waals surface area contributed by atoms with Crippen LogP contribution < -0.4 is 5.32 Å². The molecule has 4 rings (SSSR count). The van der Waals surface area contributed by atoms with Crippen LogP contribution in [0.15, 0.2) is 55.1 Å². The summed E-state index contributed by atoms with van der Waals surface area (Å²) in [6.07, 6.45) is 6.90. The molecule has 1 saturated heterocycles. The van der Waals surface area contributed by atoms with Gasteiger partial charge in [-0.1, -0.05) is 6.07 Å². The van der Waals surface area contributed by atoms with Crippen LogP contribution in [0.3, 0.4) is 0 Å². The highest BCUT2D eigenvalue weighted by Gasteiger charge is 2.23. The smallest absolute Gasteiger partial charge is 0.321 e. The summed E-state index contributed by atoms with van der Waals surface area (Å²) in [5.41, 5.74) is 2.62. The third-order valence-corrected chi connectivity index (χ3v) is 4.67. The number of nitrogens with one attached hydrogen (secondary N) is 1. The Morgan fingerprint density at radius 2 is 2.00 bits per heavy atom. The molecule has 9 nitrogen and oxygen atoms in total. The summed E-state index contributed by atoms with van der Waals surface area (Å²) < 4.78 is 7.50. The van der Waals surface area contributed by atoms with Crippen molar-refractivity contribution in [3.8, 4) is 5.69 Å². The molecule has 1 N–H and O–H groups in total. The Morgan fingerprint density at radius 3 is 2.68 bits per heavy atom. The number of aromatic nitrogens is 5. The Labute approximate surface area is 162 Å². The molecule has 1 aliphatic heterocycles. The van der Waals surface area contributed by atoms with Crippen LogP contribution in [0.25, 0.3) is 5.69 Å². The maximum Gasteiger partial charge on any atom is 0.321 e. The largest absolute Gasteiger partial charge is 0.373 e. The second-order valence-corrected chi connectivity index (χ2v) is 6.59. The van der Waals surface area contributed by atoms with Gasteiger partial charge >= 0.3 is 6.03 Å². The minimum Gasteiger partial charge on any atom is -0.373 e. The van der Waals surface area contributed by atoms with Gasteiger partial charge in [-0.25, -0.2) is 9.48 Å². The van der Waals surface area contributed by atoms with Crippen molar-refractivity contribution in [1.29, 1.82) is 0 Å². The molecule has 0 saturated carbocycles. The van der Waals surface area contributed by atoms with E-state index in [0.717, 1.165) is 29.8 Å². The molecule has 9 heteroatoms. The summed E-state index contributed by atoms with van der Waals surface area (Å²) in [4.78, 5) is 18.4. The van der Waals surface area contributed by atoms with E-state index in [1.165, 1.54) is 6.33 Å². The predicted molar refractivity (Wildman–Crippen MR) is 102 cm³/mol. The Bertz CT molecular complexity index is 876. The van der Waals surface area contributed by atoms with Crippen LogP contribution in [0, 0.1) is 0 Å². The molecule has 3 aromatic rings. The van der Waals surface area contributed by atoms with E-state index in [1.54, 1.807) is 10.9 Å². The first-order valence-electron chi connectivity index (χ1n) is 9.18. The van der Waals surface area contributed by atoms with Crippen molar-refractivity contribution in [3.05, 3.63) is 60.7 Å². The fourth-order valence-electron chi connectivity index (χ4n) is 3.10. The highest BCUT2D eigenvalue weighted by Crippen LogP contribution is 2.18. The lowest BCUT2D eigenvalue weighted by Gasteiger charge is -2.32. The molecule has 0 spiro atoms. The van der Waals surface area contributed by atoms with Crippen LogP contribution in [-0.4, -0.2) is 55.3 Å². The molecule has 0 unspecified atom stereocenters. The number of benzene rings is 1. The van der Waals surface area contributed by atoms with Crippen LogP contribution >= 0.6 is 0 Å². The van der Waals surface area contributed by atoms with Crippen molar-refractivity contribution in [2.75, 3.05) is 18.4 Å². The number of anilines is 1. The summed E-state index contributed by atoms with van der Waals surface area (Å²) in [6.45, 7) is 1.90.